The number of amides is 1. The van der Waals surface area contributed by atoms with Gasteiger partial charge in [-0.1, -0.05) is 30.3 Å². The molecule has 2 heterocycles. The Kier molecular flexibility index (Phi) is 5.74. The maximum atomic E-state index is 13.0. The van der Waals surface area contributed by atoms with Gasteiger partial charge in [-0.15, -0.1) is 0 Å². The van der Waals surface area contributed by atoms with E-state index in [4.69, 9.17) is 0 Å². The quantitative estimate of drug-likeness (QED) is 0.751. The number of carbonyl (C=O) groups is 1. The number of anilines is 1. The first kappa shape index (κ1) is 20.1. The molecule has 0 aliphatic carbocycles. The first-order valence-corrected chi connectivity index (χ1v) is 11.9. The number of hydrogen-bond acceptors (Lipinski definition) is 3. The molecule has 6 heteroatoms. The fourth-order valence-electron chi connectivity index (χ4n) is 4.35. The van der Waals surface area contributed by atoms with Crippen molar-refractivity contribution in [1.82, 2.24) is 4.31 Å². The van der Waals surface area contributed by atoms with Crippen molar-refractivity contribution in [2.45, 2.75) is 56.4 Å². The van der Waals surface area contributed by atoms with E-state index in [1.165, 1.54) is 5.56 Å². The minimum Gasteiger partial charge on any atom is -0.309 e. The van der Waals surface area contributed by atoms with Gasteiger partial charge in [-0.2, -0.15) is 4.31 Å². The minimum absolute atomic E-state index is 0.124. The molecule has 0 bridgehead atoms. The van der Waals surface area contributed by atoms with Gasteiger partial charge >= 0.3 is 0 Å². The van der Waals surface area contributed by atoms with Crippen LogP contribution in [-0.2, 0) is 27.7 Å². The first-order valence-electron chi connectivity index (χ1n) is 10.5. The summed E-state index contributed by atoms with van der Waals surface area (Å²) in [6.07, 6.45) is 4.86. The molecule has 29 heavy (non-hydrogen) atoms. The van der Waals surface area contributed by atoms with Gasteiger partial charge in [0.05, 0.1) is 4.90 Å². The average Bonchev–Trinajstić information content (AvgIpc) is 3.28. The lowest BCUT2D eigenvalue weighted by molar-refractivity contribution is -0.119. The Hall–Kier alpha value is -2.18. The third-order valence-corrected chi connectivity index (χ3v) is 7.96. The van der Waals surface area contributed by atoms with Crippen LogP contribution >= 0.6 is 0 Å². The van der Waals surface area contributed by atoms with Crippen molar-refractivity contribution in [3.63, 3.8) is 0 Å². The Balaban J connectivity index is 1.42. The molecule has 0 aromatic heterocycles. The number of carbonyl (C=O) groups excluding carboxylic acids is 1. The summed E-state index contributed by atoms with van der Waals surface area (Å²) in [5, 5.41) is 0. The predicted molar refractivity (Wildman–Crippen MR) is 114 cm³/mol. The summed E-state index contributed by atoms with van der Waals surface area (Å²) in [7, 11) is -3.39. The van der Waals surface area contributed by atoms with Crippen LogP contribution in [0.15, 0.2) is 53.4 Å². The van der Waals surface area contributed by atoms with Gasteiger partial charge in [0.1, 0.15) is 0 Å². The van der Waals surface area contributed by atoms with Crippen molar-refractivity contribution in [3.05, 3.63) is 59.7 Å². The predicted octanol–water partition coefficient (Wildman–Crippen LogP) is 3.77. The minimum atomic E-state index is -3.39. The Bertz CT molecular complexity index is 979. The van der Waals surface area contributed by atoms with Crippen LogP contribution in [0.25, 0.3) is 0 Å². The summed E-state index contributed by atoms with van der Waals surface area (Å²) >= 11 is 0. The Morgan fingerprint density at radius 2 is 1.72 bits per heavy atom. The van der Waals surface area contributed by atoms with Crippen LogP contribution in [0.4, 0.5) is 5.69 Å². The smallest absolute Gasteiger partial charge is 0.243 e. The van der Waals surface area contributed by atoms with Gasteiger partial charge in [-0.3, -0.25) is 4.79 Å². The van der Waals surface area contributed by atoms with Gasteiger partial charge in [0.2, 0.25) is 15.9 Å². The molecule has 2 aliphatic rings. The third kappa shape index (κ3) is 4.09. The van der Waals surface area contributed by atoms with Crippen molar-refractivity contribution in [3.8, 4) is 0 Å². The van der Waals surface area contributed by atoms with Crippen LogP contribution in [0, 0.1) is 0 Å². The molecule has 1 fully saturated rings. The van der Waals surface area contributed by atoms with Gasteiger partial charge in [0, 0.05) is 31.2 Å². The molecular formula is C23H28N2O3S. The van der Waals surface area contributed by atoms with Crippen LogP contribution in [0.5, 0.6) is 0 Å². The molecule has 0 spiro atoms. The Labute approximate surface area is 173 Å². The van der Waals surface area contributed by atoms with Crippen LogP contribution < -0.4 is 4.90 Å². The summed E-state index contributed by atoms with van der Waals surface area (Å²) < 4.78 is 26.8. The topological polar surface area (TPSA) is 57.7 Å². The van der Waals surface area contributed by atoms with Gasteiger partial charge < -0.3 is 4.90 Å². The van der Waals surface area contributed by atoms with E-state index in [1.807, 2.05) is 35.2 Å². The highest BCUT2D eigenvalue weighted by molar-refractivity contribution is 7.89. The fraction of sp³-hybridized carbons (Fsp3) is 0.435. The second-order valence-electron chi connectivity index (χ2n) is 8.04. The van der Waals surface area contributed by atoms with E-state index in [0.29, 0.717) is 30.8 Å². The van der Waals surface area contributed by atoms with Crippen molar-refractivity contribution >= 4 is 21.6 Å². The van der Waals surface area contributed by atoms with E-state index >= 15 is 0 Å². The maximum absolute atomic E-state index is 13.0. The maximum Gasteiger partial charge on any atom is 0.243 e. The molecule has 0 saturated carbocycles. The highest BCUT2D eigenvalue weighted by Crippen LogP contribution is 2.31. The normalized spacial score (nSPS) is 19.9. The molecule has 1 amide bonds. The van der Waals surface area contributed by atoms with Gasteiger partial charge in [0.25, 0.3) is 0 Å². The second kappa shape index (κ2) is 8.28. The summed E-state index contributed by atoms with van der Waals surface area (Å²) in [5.41, 5.74) is 3.25. The number of sulfonamides is 1. The first-order chi connectivity index (χ1) is 14.0. The summed E-state index contributed by atoms with van der Waals surface area (Å²) in [6, 6.07) is 15.4. The van der Waals surface area contributed by atoms with Crippen LogP contribution in [0.3, 0.4) is 0 Å². The molecule has 5 nitrogen and oxygen atoms in total. The lowest BCUT2D eigenvalue weighted by Gasteiger charge is -2.35. The number of nitrogens with zero attached hydrogens (tertiary/aromatic N) is 2. The standard InChI is InChI=1S/C23H28N2O3S/c1-18-8-12-20-6-2-3-7-22(20)25(18)23(26)15-11-19-9-13-21(14-10-19)29(27,28)24-16-4-5-17-24/h2-3,6-7,9-10,13-14,18H,4-5,8,11-12,15-17H2,1H3/t18-/m1/s1. The highest BCUT2D eigenvalue weighted by Gasteiger charge is 2.28. The zero-order chi connectivity index (χ0) is 20.4. The molecule has 2 aromatic carbocycles. The molecule has 154 valence electrons. The molecule has 0 radical (unpaired) electrons. The van der Waals surface area contributed by atoms with Crippen LogP contribution in [-0.4, -0.2) is 37.8 Å². The monoisotopic (exact) mass is 412 g/mol. The largest absolute Gasteiger partial charge is 0.309 e. The van der Waals surface area contributed by atoms with E-state index in [1.54, 1.807) is 16.4 Å². The van der Waals surface area contributed by atoms with E-state index in [9.17, 15) is 13.2 Å². The number of fused-ring (bicyclic) bond motifs is 1. The van der Waals surface area contributed by atoms with Gasteiger partial charge in [-0.25, -0.2) is 8.42 Å². The Morgan fingerprint density at radius 1 is 1.03 bits per heavy atom. The molecule has 4 rings (SSSR count). The summed E-state index contributed by atoms with van der Waals surface area (Å²) in [6.45, 7) is 3.31. The molecule has 0 unspecified atom stereocenters. The van der Waals surface area contributed by atoms with E-state index in [-0.39, 0.29) is 11.9 Å². The van der Waals surface area contributed by atoms with Crippen molar-refractivity contribution in [2.24, 2.45) is 0 Å². The van der Waals surface area contributed by atoms with E-state index in [0.717, 1.165) is 36.9 Å². The lowest BCUT2D eigenvalue weighted by Crippen LogP contribution is -2.42. The van der Waals surface area contributed by atoms with Gasteiger partial charge in [-0.05, 0) is 68.4 Å². The zero-order valence-electron chi connectivity index (χ0n) is 16.9. The third-order valence-electron chi connectivity index (χ3n) is 6.05. The number of hydrogen-bond donors (Lipinski definition) is 0. The van der Waals surface area contributed by atoms with E-state index in [2.05, 4.69) is 13.0 Å². The number of para-hydroxylation sites is 1. The number of rotatable bonds is 5. The zero-order valence-corrected chi connectivity index (χ0v) is 17.7. The SMILES string of the molecule is C[C@@H]1CCc2ccccc2N1C(=O)CCc1ccc(S(=O)(=O)N2CCCC2)cc1. The van der Waals surface area contributed by atoms with Crippen molar-refractivity contribution < 1.29 is 13.2 Å². The molecular weight excluding hydrogens is 384 g/mol. The van der Waals surface area contributed by atoms with E-state index < -0.39 is 10.0 Å². The van der Waals surface area contributed by atoms with Crippen LogP contribution in [0.2, 0.25) is 0 Å². The average molecular weight is 413 g/mol. The molecule has 1 saturated heterocycles. The summed E-state index contributed by atoms with van der Waals surface area (Å²) in [5.74, 6) is 0.124. The fourth-order valence-corrected chi connectivity index (χ4v) is 5.86. The highest BCUT2D eigenvalue weighted by atomic mass is 32.2. The van der Waals surface area contributed by atoms with Crippen molar-refractivity contribution in [1.29, 1.82) is 0 Å². The molecule has 2 aromatic rings. The second-order valence-corrected chi connectivity index (χ2v) is 9.97. The molecule has 2 aliphatic heterocycles. The van der Waals surface area contributed by atoms with Crippen LogP contribution in [0.1, 0.15) is 43.7 Å². The Morgan fingerprint density at radius 3 is 2.45 bits per heavy atom. The summed E-state index contributed by atoms with van der Waals surface area (Å²) in [4.78, 5) is 15.2. The molecule has 1 atom stereocenters. The number of benzene rings is 2. The number of aryl methyl sites for hydroxylation is 2. The van der Waals surface area contributed by atoms with Crippen molar-refractivity contribution in [2.75, 3.05) is 18.0 Å². The molecule has 0 N–H and O–H groups in total. The lowest BCUT2D eigenvalue weighted by atomic mass is 9.96. The van der Waals surface area contributed by atoms with Gasteiger partial charge in [0.15, 0.2) is 0 Å².